The SMILES string of the molecule is NCc1noc(=O)n1C[C@@H]1Cc2ccccc2O[C@H]1C(F)(F)F. The Balaban J connectivity index is 1.95. The molecule has 2 heterocycles. The zero-order valence-electron chi connectivity index (χ0n) is 11.9. The summed E-state index contributed by atoms with van der Waals surface area (Å²) in [5.41, 5.74) is 6.09. The molecule has 0 amide bonds. The van der Waals surface area contributed by atoms with Crippen molar-refractivity contribution in [3.8, 4) is 5.75 Å². The van der Waals surface area contributed by atoms with Gasteiger partial charge in [0.25, 0.3) is 0 Å². The average molecular weight is 329 g/mol. The van der Waals surface area contributed by atoms with Crippen LogP contribution in [0.4, 0.5) is 13.2 Å². The molecule has 6 nitrogen and oxygen atoms in total. The highest BCUT2D eigenvalue weighted by Gasteiger charge is 2.49. The summed E-state index contributed by atoms with van der Waals surface area (Å²) in [5, 5.41) is 3.46. The highest BCUT2D eigenvalue weighted by molar-refractivity contribution is 5.36. The number of para-hydroxylation sites is 1. The van der Waals surface area contributed by atoms with Crippen molar-refractivity contribution in [2.45, 2.75) is 31.8 Å². The van der Waals surface area contributed by atoms with Gasteiger partial charge in [-0.1, -0.05) is 23.4 Å². The number of hydrogen-bond donors (Lipinski definition) is 1. The van der Waals surface area contributed by atoms with Crippen molar-refractivity contribution in [1.82, 2.24) is 9.72 Å². The minimum Gasteiger partial charge on any atom is -0.480 e. The fourth-order valence-electron chi connectivity index (χ4n) is 2.76. The smallest absolute Gasteiger partial charge is 0.441 e. The Hall–Kier alpha value is -2.29. The first-order chi connectivity index (χ1) is 10.9. The number of aromatic nitrogens is 2. The van der Waals surface area contributed by atoms with E-state index in [2.05, 4.69) is 9.68 Å². The summed E-state index contributed by atoms with van der Waals surface area (Å²) < 4.78 is 50.6. The van der Waals surface area contributed by atoms with E-state index in [-0.39, 0.29) is 31.1 Å². The van der Waals surface area contributed by atoms with Crippen molar-refractivity contribution < 1.29 is 22.4 Å². The maximum Gasteiger partial charge on any atom is 0.441 e. The Morgan fingerprint density at radius 3 is 2.78 bits per heavy atom. The molecule has 9 heteroatoms. The third-order valence-corrected chi connectivity index (χ3v) is 3.82. The number of halogens is 3. The van der Waals surface area contributed by atoms with Gasteiger partial charge in [0, 0.05) is 12.5 Å². The molecule has 23 heavy (non-hydrogen) atoms. The van der Waals surface area contributed by atoms with Gasteiger partial charge in [-0.25, -0.2) is 4.79 Å². The number of alkyl halides is 3. The van der Waals surface area contributed by atoms with Crippen LogP contribution in [0.2, 0.25) is 0 Å². The Morgan fingerprint density at radius 1 is 1.35 bits per heavy atom. The predicted molar refractivity (Wildman–Crippen MR) is 72.8 cm³/mol. The van der Waals surface area contributed by atoms with Crippen molar-refractivity contribution >= 4 is 0 Å². The van der Waals surface area contributed by atoms with E-state index in [1.54, 1.807) is 18.2 Å². The number of fused-ring (bicyclic) bond motifs is 1. The normalized spacial score (nSPS) is 20.9. The van der Waals surface area contributed by atoms with Crippen molar-refractivity contribution in [1.29, 1.82) is 0 Å². The van der Waals surface area contributed by atoms with Gasteiger partial charge in [-0.15, -0.1) is 0 Å². The van der Waals surface area contributed by atoms with Crippen LogP contribution in [0.5, 0.6) is 5.75 Å². The molecule has 0 saturated carbocycles. The van der Waals surface area contributed by atoms with Gasteiger partial charge in [0.1, 0.15) is 5.75 Å². The van der Waals surface area contributed by atoms with Crippen LogP contribution in [-0.2, 0) is 19.5 Å². The minimum atomic E-state index is -4.55. The number of ether oxygens (including phenoxy) is 1. The summed E-state index contributed by atoms with van der Waals surface area (Å²) in [5.74, 6) is -1.49. The molecule has 124 valence electrons. The van der Waals surface area contributed by atoms with Crippen LogP contribution >= 0.6 is 0 Å². The average Bonchev–Trinajstić information content (AvgIpc) is 2.86. The number of nitrogens with two attached hydrogens (primary N) is 1. The first kappa shape index (κ1) is 15.6. The van der Waals surface area contributed by atoms with Crippen LogP contribution in [-0.4, -0.2) is 22.0 Å². The molecule has 2 atom stereocenters. The molecule has 2 aromatic rings. The molecule has 1 aromatic carbocycles. The Morgan fingerprint density at radius 2 is 2.09 bits per heavy atom. The van der Waals surface area contributed by atoms with E-state index in [9.17, 15) is 18.0 Å². The van der Waals surface area contributed by atoms with Crippen molar-refractivity contribution in [2.75, 3.05) is 0 Å². The molecule has 0 radical (unpaired) electrons. The second kappa shape index (κ2) is 5.73. The Bertz CT molecular complexity index is 753. The molecule has 0 aliphatic carbocycles. The number of rotatable bonds is 3. The largest absolute Gasteiger partial charge is 0.480 e. The second-order valence-corrected chi connectivity index (χ2v) is 5.33. The monoisotopic (exact) mass is 329 g/mol. The van der Waals surface area contributed by atoms with Crippen LogP contribution in [0.15, 0.2) is 33.6 Å². The van der Waals surface area contributed by atoms with E-state index < -0.39 is 24.0 Å². The van der Waals surface area contributed by atoms with Gasteiger partial charge in [0.15, 0.2) is 11.9 Å². The summed E-state index contributed by atoms with van der Waals surface area (Å²) in [6.45, 7) is -0.333. The number of nitrogens with zero attached hydrogens (tertiary/aromatic N) is 2. The van der Waals surface area contributed by atoms with Gasteiger partial charge in [-0.05, 0) is 18.1 Å². The number of hydrogen-bond acceptors (Lipinski definition) is 5. The highest BCUT2D eigenvalue weighted by Crippen LogP contribution is 2.38. The topological polar surface area (TPSA) is 83.3 Å². The van der Waals surface area contributed by atoms with Gasteiger partial charge in [0.05, 0.1) is 6.54 Å². The number of benzene rings is 1. The molecule has 1 aromatic heterocycles. The van der Waals surface area contributed by atoms with E-state index in [4.69, 9.17) is 10.5 Å². The zero-order chi connectivity index (χ0) is 16.6. The van der Waals surface area contributed by atoms with Crippen LogP contribution < -0.4 is 16.2 Å². The second-order valence-electron chi connectivity index (χ2n) is 5.33. The zero-order valence-corrected chi connectivity index (χ0v) is 11.9. The van der Waals surface area contributed by atoms with E-state index in [0.717, 1.165) is 4.57 Å². The van der Waals surface area contributed by atoms with Crippen molar-refractivity contribution in [3.05, 3.63) is 46.2 Å². The Kier molecular flexibility index (Phi) is 3.88. The van der Waals surface area contributed by atoms with Gasteiger partial charge in [0.2, 0.25) is 0 Å². The lowest BCUT2D eigenvalue weighted by molar-refractivity contribution is -0.214. The van der Waals surface area contributed by atoms with Crippen LogP contribution in [0.1, 0.15) is 11.4 Å². The van der Waals surface area contributed by atoms with Crippen LogP contribution in [0.25, 0.3) is 0 Å². The first-order valence-electron chi connectivity index (χ1n) is 6.97. The third-order valence-electron chi connectivity index (χ3n) is 3.82. The van der Waals surface area contributed by atoms with Crippen LogP contribution in [0.3, 0.4) is 0 Å². The van der Waals surface area contributed by atoms with Gasteiger partial charge in [-0.3, -0.25) is 9.09 Å². The van der Waals surface area contributed by atoms with Crippen molar-refractivity contribution in [3.63, 3.8) is 0 Å². The summed E-state index contributed by atoms with van der Waals surface area (Å²) in [7, 11) is 0. The molecule has 0 spiro atoms. The summed E-state index contributed by atoms with van der Waals surface area (Å²) >= 11 is 0. The van der Waals surface area contributed by atoms with Gasteiger partial charge < -0.3 is 10.5 Å². The molecule has 0 saturated heterocycles. The molecule has 0 bridgehead atoms. The molecule has 1 aliphatic rings. The molecule has 1 aliphatic heterocycles. The highest BCUT2D eigenvalue weighted by atomic mass is 19.4. The lowest BCUT2D eigenvalue weighted by Crippen LogP contribution is -2.47. The minimum absolute atomic E-state index is 0.105. The van der Waals surface area contributed by atoms with Crippen LogP contribution in [0, 0.1) is 5.92 Å². The fourth-order valence-corrected chi connectivity index (χ4v) is 2.76. The standard InChI is InChI=1S/C14H14F3N3O3/c15-14(16,17)12-9(5-8-3-1-2-4-10(8)22-12)7-20-11(6-18)19-23-13(20)21/h1-4,9,12H,5-7,18H2/t9-,12+/m0/s1. The summed E-state index contributed by atoms with van der Waals surface area (Å²) in [4.78, 5) is 11.6. The molecule has 2 N–H and O–H groups in total. The fraction of sp³-hybridized carbons (Fsp3) is 0.429. The molecule has 3 rings (SSSR count). The molecule has 0 fully saturated rings. The maximum absolute atomic E-state index is 13.3. The predicted octanol–water partition coefficient (Wildman–Crippen LogP) is 1.48. The first-order valence-corrected chi connectivity index (χ1v) is 6.97. The van der Waals surface area contributed by atoms with E-state index in [1.165, 1.54) is 6.07 Å². The third kappa shape index (κ3) is 2.96. The van der Waals surface area contributed by atoms with E-state index >= 15 is 0 Å². The van der Waals surface area contributed by atoms with Gasteiger partial charge >= 0.3 is 11.9 Å². The van der Waals surface area contributed by atoms with E-state index in [1.807, 2.05) is 0 Å². The lowest BCUT2D eigenvalue weighted by atomic mass is 9.90. The summed E-state index contributed by atoms with van der Waals surface area (Å²) in [6, 6.07) is 6.55. The molecular formula is C14H14F3N3O3. The molecular weight excluding hydrogens is 315 g/mol. The van der Waals surface area contributed by atoms with Gasteiger partial charge in [-0.2, -0.15) is 13.2 Å². The molecule has 0 unspecified atom stereocenters. The maximum atomic E-state index is 13.3. The summed E-state index contributed by atoms with van der Waals surface area (Å²) in [6.07, 6.45) is -6.44. The quantitative estimate of drug-likeness (QED) is 0.922. The lowest BCUT2D eigenvalue weighted by Gasteiger charge is -2.34. The van der Waals surface area contributed by atoms with E-state index in [0.29, 0.717) is 5.56 Å². The Labute approximate surface area is 128 Å². The van der Waals surface area contributed by atoms with Crippen molar-refractivity contribution in [2.24, 2.45) is 11.7 Å².